The summed E-state index contributed by atoms with van der Waals surface area (Å²) < 4.78 is 29.4. The van der Waals surface area contributed by atoms with Crippen LogP contribution in [0.25, 0.3) is 0 Å². The monoisotopic (exact) mass is 404 g/mol. The first-order valence-corrected chi connectivity index (χ1v) is 7.61. The second-order valence-electron chi connectivity index (χ2n) is 4.56. The van der Waals surface area contributed by atoms with E-state index in [2.05, 4.69) is 31.3 Å². The highest BCUT2D eigenvalue weighted by Crippen LogP contribution is 2.26. The molecule has 2 aromatic rings. The van der Waals surface area contributed by atoms with Gasteiger partial charge in [-0.3, -0.25) is 0 Å². The Hall–Kier alpha value is -1.86. The lowest BCUT2D eigenvalue weighted by molar-refractivity contribution is -0.0498. The number of nitrogens with one attached hydrogen (secondary N) is 2. The summed E-state index contributed by atoms with van der Waals surface area (Å²) in [6, 6.07) is 8.78. The van der Waals surface area contributed by atoms with Crippen molar-refractivity contribution < 1.29 is 18.3 Å². The largest absolute Gasteiger partial charge is 0.435 e. The summed E-state index contributed by atoms with van der Waals surface area (Å²) >= 11 is 9.29. The van der Waals surface area contributed by atoms with Crippen molar-refractivity contribution in [3.05, 3.63) is 51.5 Å². The molecule has 0 heterocycles. The number of amides is 2. The summed E-state index contributed by atoms with van der Waals surface area (Å²) in [5.74, 6) is 0.0272. The Morgan fingerprint density at radius 1 is 1.17 bits per heavy atom. The first kappa shape index (κ1) is 17.5. The fourth-order valence-electron chi connectivity index (χ4n) is 1.82. The SMILES string of the molecule is Cc1cc(OC(F)F)ccc1NC(=O)Nc1ccc(Br)cc1Cl. The third kappa shape index (κ3) is 5.07. The summed E-state index contributed by atoms with van der Waals surface area (Å²) in [6.45, 7) is -1.23. The average Bonchev–Trinajstić information content (AvgIpc) is 2.44. The van der Waals surface area contributed by atoms with Gasteiger partial charge in [-0.2, -0.15) is 8.78 Å². The van der Waals surface area contributed by atoms with Gasteiger partial charge >= 0.3 is 12.6 Å². The smallest absolute Gasteiger partial charge is 0.387 e. The van der Waals surface area contributed by atoms with E-state index in [1.807, 2.05) is 0 Å². The number of hydrogen-bond donors (Lipinski definition) is 2. The van der Waals surface area contributed by atoms with Gasteiger partial charge in [-0.05, 0) is 48.9 Å². The number of rotatable bonds is 4. The van der Waals surface area contributed by atoms with E-state index in [1.165, 1.54) is 18.2 Å². The van der Waals surface area contributed by atoms with Crippen LogP contribution in [0.15, 0.2) is 40.9 Å². The van der Waals surface area contributed by atoms with E-state index in [0.717, 1.165) is 4.47 Å². The number of benzene rings is 2. The molecule has 0 unspecified atom stereocenters. The summed E-state index contributed by atoms with van der Waals surface area (Å²) in [5.41, 5.74) is 1.50. The number of urea groups is 1. The van der Waals surface area contributed by atoms with Crippen LogP contribution >= 0.6 is 27.5 Å². The van der Waals surface area contributed by atoms with Gasteiger partial charge in [0.05, 0.1) is 10.7 Å². The van der Waals surface area contributed by atoms with E-state index >= 15 is 0 Å². The number of carbonyl (C=O) groups is 1. The van der Waals surface area contributed by atoms with Crippen LogP contribution in [0.1, 0.15) is 5.56 Å². The molecule has 122 valence electrons. The zero-order chi connectivity index (χ0) is 17.0. The molecular formula is C15H12BrClF2N2O2. The molecule has 8 heteroatoms. The maximum Gasteiger partial charge on any atom is 0.387 e. The minimum atomic E-state index is -2.89. The van der Waals surface area contributed by atoms with Crippen LogP contribution in [0.3, 0.4) is 0 Å². The first-order valence-electron chi connectivity index (χ1n) is 6.43. The van der Waals surface area contributed by atoms with Crippen molar-refractivity contribution in [2.75, 3.05) is 10.6 Å². The molecule has 0 aromatic heterocycles. The molecule has 0 fully saturated rings. The van der Waals surface area contributed by atoms with Crippen LogP contribution in [0.5, 0.6) is 5.75 Å². The molecule has 0 spiro atoms. The lowest BCUT2D eigenvalue weighted by atomic mass is 10.2. The molecule has 0 bridgehead atoms. The summed E-state index contributed by atoms with van der Waals surface area (Å²) in [5, 5.41) is 5.60. The van der Waals surface area contributed by atoms with Gasteiger partial charge in [0, 0.05) is 10.2 Å². The maximum atomic E-state index is 12.2. The first-order chi connectivity index (χ1) is 10.8. The number of alkyl halides is 2. The third-order valence-corrected chi connectivity index (χ3v) is 3.66. The van der Waals surface area contributed by atoms with Gasteiger partial charge < -0.3 is 15.4 Å². The van der Waals surface area contributed by atoms with E-state index in [1.54, 1.807) is 25.1 Å². The third-order valence-electron chi connectivity index (χ3n) is 2.85. The minimum Gasteiger partial charge on any atom is -0.435 e. The van der Waals surface area contributed by atoms with Crippen molar-refractivity contribution in [1.82, 2.24) is 0 Å². The average molecular weight is 406 g/mol. The van der Waals surface area contributed by atoms with Crippen molar-refractivity contribution in [2.45, 2.75) is 13.5 Å². The molecule has 23 heavy (non-hydrogen) atoms. The van der Waals surface area contributed by atoms with Crippen molar-refractivity contribution in [3.8, 4) is 5.75 Å². The Balaban J connectivity index is 2.05. The molecule has 4 nitrogen and oxygen atoms in total. The van der Waals surface area contributed by atoms with Crippen molar-refractivity contribution in [2.24, 2.45) is 0 Å². The molecule has 2 amide bonds. The second kappa shape index (κ2) is 7.61. The lowest BCUT2D eigenvalue weighted by Gasteiger charge is -2.12. The molecule has 0 saturated carbocycles. The fraction of sp³-hybridized carbons (Fsp3) is 0.133. The number of carbonyl (C=O) groups excluding carboxylic acids is 1. The van der Waals surface area contributed by atoms with E-state index < -0.39 is 12.6 Å². The lowest BCUT2D eigenvalue weighted by Crippen LogP contribution is -2.20. The summed E-state index contributed by atoms with van der Waals surface area (Å²) in [6.07, 6.45) is 0. The standard InChI is InChI=1S/C15H12BrClF2N2O2/c1-8-6-10(23-14(18)19)3-5-12(8)20-15(22)21-13-4-2-9(16)7-11(13)17/h2-7,14H,1H3,(H2,20,21,22). The molecule has 2 aromatic carbocycles. The maximum absolute atomic E-state index is 12.2. The van der Waals surface area contributed by atoms with Crippen LogP contribution in [-0.4, -0.2) is 12.6 Å². The van der Waals surface area contributed by atoms with Crippen LogP contribution < -0.4 is 15.4 Å². The molecule has 2 rings (SSSR count). The van der Waals surface area contributed by atoms with E-state index in [0.29, 0.717) is 22.0 Å². The predicted molar refractivity (Wildman–Crippen MR) is 89.6 cm³/mol. The van der Waals surface area contributed by atoms with E-state index in [-0.39, 0.29) is 5.75 Å². The highest BCUT2D eigenvalue weighted by atomic mass is 79.9. The topological polar surface area (TPSA) is 50.4 Å². The number of halogens is 4. The number of ether oxygens (including phenoxy) is 1. The molecule has 0 aliphatic heterocycles. The number of aryl methyl sites for hydroxylation is 1. The number of anilines is 2. The molecule has 0 aliphatic carbocycles. The summed E-state index contributed by atoms with van der Waals surface area (Å²) in [7, 11) is 0. The highest BCUT2D eigenvalue weighted by molar-refractivity contribution is 9.10. The van der Waals surface area contributed by atoms with Crippen molar-refractivity contribution in [3.63, 3.8) is 0 Å². The Labute approximate surface area is 144 Å². The van der Waals surface area contributed by atoms with Gasteiger partial charge in [0.2, 0.25) is 0 Å². The molecular weight excluding hydrogens is 394 g/mol. The zero-order valence-electron chi connectivity index (χ0n) is 11.9. The quantitative estimate of drug-likeness (QED) is 0.690. The molecule has 0 radical (unpaired) electrons. The van der Waals surface area contributed by atoms with Gasteiger partial charge in [-0.25, -0.2) is 4.79 Å². The minimum absolute atomic E-state index is 0.0272. The van der Waals surface area contributed by atoms with Gasteiger partial charge in [0.1, 0.15) is 5.75 Å². The van der Waals surface area contributed by atoms with Gasteiger partial charge in [0.25, 0.3) is 0 Å². The van der Waals surface area contributed by atoms with E-state index in [4.69, 9.17) is 11.6 Å². The highest BCUT2D eigenvalue weighted by Gasteiger charge is 2.10. The van der Waals surface area contributed by atoms with Crippen LogP contribution in [-0.2, 0) is 0 Å². The zero-order valence-corrected chi connectivity index (χ0v) is 14.2. The Morgan fingerprint density at radius 3 is 2.43 bits per heavy atom. The van der Waals surface area contributed by atoms with Gasteiger partial charge in [-0.15, -0.1) is 0 Å². The Bertz CT molecular complexity index is 729. The molecule has 0 aliphatic rings. The fourth-order valence-corrected chi connectivity index (χ4v) is 2.54. The Morgan fingerprint density at radius 2 is 1.83 bits per heavy atom. The van der Waals surface area contributed by atoms with Crippen LogP contribution in [0.4, 0.5) is 25.0 Å². The van der Waals surface area contributed by atoms with Crippen LogP contribution in [0, 0.1) is 6.92 Å². The van der Waals surface area contributed by atoms with Crippen molar-refractivity contribution in [1.29, 1.82) is 0 Å². The number of hydrogen-bond acceptors (Lipinski definition) is 2. The van der Waals surface area contributed by atoms with E-state index in [9.17, 15) is 13.6 Å². The molecule has 2 N–H and O–H groups in total. The summed E-state index contributed by atoms with van der Waals surface area (Å²) in [4.78, 5) is 12.0. The van der Waals surface area contributed by atoms with Gasteiger partial charge in [-0.1, -0.05) is 27.5 Å². The normalized spacial score (nSPS) is 10.5. The Kier molecular flexibility index (Phi) is 5.79. The van der Waals surface area contributed by atoms with Crippen molar-refractivity contribution >= 4 is 44.9 Å². The molecule has 0 saturated heterocycles. The van der Waals surface area contributed by atoms with Crippen LogP contribution in [0.2, 0.25) is 5.02 Å². The molecule has 0 atom stereocenters. The van der Waals surface area contributed by atoms with Gasteiger partial charge in [0.15, 0.2) is 0 Å². The second-order valence-corrected chi connectivity index (χ2v) is 5.88. The predicted octanol–water partition coefficient (Wildman–Crippen LogP) is 5.66.